The van der Waals surface area contributed by atoms with Crippen LogP contribution in [-0.4, -0.2) is 4.57 Å². The van der Waals surface area contributed by atoms with Crippen LogP contribution in [0.3, 0.4) is 0 Å². The molecule has 0 unspecified atom stereocenters. The van der Waals surface area contributed by atoms with Gasteiger partial charge >= 0.3 is 0 Å². The second-order valence-corrected chi connectivity index (χ2v) is 12.1. The van der Waals surface area contributed by atoms with Crippen LogP contribution in [0.4, 0.5) is 17.1 Å². The van der Waals surface area contributed by atoms with Gasteiger partial charge in [-0.05, 0) is 82.9 Å². The third-order valence-corrected chi connectivity index (χ3v) is 8.86. The molecule has 0 fully saturated rings. The summed E-state index contributed by atoms with van der Waals surface area (Å²) in [5.74, 6) is 0. The van der Waals surface area contributed by atoms with Gasteiger partial charge in [0.2, 0.25) is 0 Å². The van der Waals surface area contributed by atoms with Gasteiger partial charge in [0, 0.05) is 38.0 Å². The number of halogens is 1. The molecule has 0 N–H and O–H groups in total. The minimum Gasteiger partial charge on any atom is -0.310 e. The molecule has 7 aromatic carbocycles. The Morgan fingerprint density at radius 2 is 0.933 bits per heavy atom. The highest BCUT2D eigenvalue weighted by atomic mass is 79.9. The molecule has 1 heterocycles. The van der Waals surface area contributed by atoms with E-state index in [1.165, 1.54) is 38.5 Å². The van der Waals surface area contributed by atoms with E-state index in [9.17, 15) is 0 Å². The van der Waals surface area contributed by atoms with Crippen molar-refractivity contribution in [3.05, 3.63) is 180 Å². The summed E-state index contributed by atoms with van der Waals surface area (Å²) in [5.41, 5.74) is 11.5. The predicted octanol–water partition coefficient (Wildman–Crippen LogP) is 12.3. The second kappa shape index (κ2) is 11.6. The Balaban J connectivity index is 1.32. The summed E-state index contributed by atoms with van der Waals surface area (Å²) in [5, 5.41) is 2.51. The smallest absolute Gasteiger partial charge is 0.0541 e. The molecule has 0 radical (unpaired) electrons. The highest BCUT2D eigenvalue weighted by Gasteiger charge is 2.17. The summed E-state index contributed by atoms with van der Waals surface area (Å²) in [6.45, 7) is 0. The minimum absolute atomic E-state index is 1.03. The van der Waals surface area contributed by atoms with Crippen LogP contribution in [0.25, 0.3) is 49.7 Å². The van der Waals surface area contributed by atoms with Crippen LogP contribution in [0.2, 0.25) is 0 Å². The van der Waals surface area contributed by atoms with Crippen LogP contribution in [0.1, 0.15) is 0 Å². The number of hydrogen-bond donors (Lipinski definition) is 0. The van der Waals surface area contributed by atoms with Gasteiger partial charge < -0.3 is 9.47 Å². The number of hydrogen-bond acceptors (Lipinski definition) is 1. The first kappa shape index (κ1) is 27.2. The number of para-hydroxylation sites is 2. The van der Waals surface area contributed by atoms with E-state index in [0.717, 1.165) is 32.8 Å². The number of aromatic nitrogens is 1. The second-order valence-electron chi connectivity index (χ2n) is 11.2. The molecule has 8 aromatic rings. The largest absolute Gasteiger partial charge is 0.310 e. The highest BCUT2D eigenvalue weighted by Crippen LogP contribution is 2.41. The Morgan fingerprint density at radius 1 is 0.378 bits per heavy atom. The van der Waals surface area contributed by atoms with Crippen LogP contribution in [-0.2, 0) is 0 Å². The topological polar surface area (TPSA) is 8.17 Å². The zero-order chi connectivity index (χ0) is 30.2. The lowest BCUT2D eigenvalue weighted by Crippen LogP contribution is -2.11. The van der Waals surface area contributed by atoms with Crippen molar-refractivity contribution in [2.75, 3.05) is 4.90 Å². The van der Waals surface area contributed by atoms with E-state index < -0.39 is 0 Å². The van der Waals surface area contributed by atoms with Crippen LogP contribution >= 0.6 is 15.9 Å². The van der Waals surface area contributed by atoms with E-state index in [1.54, 1.807) is 0 Å². The first-order valence-corrected chi connectivity index (χ1v) is 15.9. The first-order valence-electron chi connectivity index (χ1n) is 15.1. The number of anilines is 3. The molecular weight excluding hydrogens is 612 g/mol. The number of nitrogens with zero attached hydrogens (tertiary/aromatic N) is 2. The van der Waals surface area contributed by atoms with E-state index in [2.05, 4.69) is 201 Å². The molecule has 214 valence electrons. The third-order valence-electron chi connectivity index (χ3n) is 8.41. The maximum Gasteiger partial charge on any atom is 0.0541 e. The summed E-state index contributed by atoms with van der Waals surface area (Å²) < 4.78 is 3.41. The number of rotatable bonds is 6. The zero-order valence-corrected chi connectivity index (χ0v) is 26.1. The molecule has 1 aromatic heterocycles. The number of fused-ring (bicyclic) bond motifs is 3. The molecule has 0 aliphatic carbocycles. The van der Waals surface area contributed by atoms with Crippen molar-refractivity contribution in [1.29, 1.82) is 0 Å². The van der Waals surface area contributed by atoms with E-state index >= 15 is 0 Å². The molecule has 0 spiro atoms. The Kier molecular flexibility index (Phi) is 7.01. The lowest BCUT2D eigenvalue weighted by atomic mass is 10.0. The normalized spacial score (nSPS) is 11.2. The molecular formula is C42H29BrN2. The van der Waals surface area contributed by atoms with Gasteiger partial charge in [0.15, 0.2) is 0 Å². The van der Waals surface area contributed by atoms with Crippen LogP contribution in [0.5, 0.6) is 0 Å². The van der Waals surface area contributed by atoms with Crippen molar-refractivity contribution < 1.29 is 0 Å². The standard InChI is InChI=1S/C42H29BrN2/c43-34-26-33(31-14-5-2-6-15-31)27-38(28-34)44(35-24-22-32(23-25-35)30-12-3-1-4-13-30)36-16-11-17-37(29-36)45-41-20-9-7-18-39(41)40-19-8-10-21-42(40)45/h1-29H. The third kappa shape index (κ3) is 5.12. The fourth-order valence-electron chi connectivity index (χ4n) is 6.35. The molecule has 0 bridgehead atoms. The first-order chi connectivity index (χ1) is 22.2. The lowest BCUT2D eigenvalue weighted by Gasteiger charge is -2.27. The highest BCUT2D eigenvalue weighted by molar-refractivity contribution is 9.10. The summed E-state index contributed by atoms with van der Waals surface area (Å²) in [4.78, 5) is 2.35. The van der Waals surface area contributed by atoms with Gasteiger partial charge in [-0.2, -0.15) is 0 Å². The number of benzene rings is 7. The fraction of sp³-hybridized carbons (Fsp3) is 0. The van der Waals surface area contributed by atoms with Gasteiger partial charge in [0.25, 0.3) is 0 Å². The zero-order valence-electron chi connectivity index (χ0n) is 24.5. The van der Waals surface area contributed by atoms with Crippen molar-refractivity contribution in [1.82, 2.24) is 4.57 Å². The SMILES string of the molecule is Brc1cc(-c2ccccc2)cc(N(c2ccc(-c3ccccc3)cc2)c2cccc(-n3c4ccccc4c4ccccc43)c2)c1. The summed E-state index contributed by atoms with van der Waals surface area (Å²) in [6.07, 6.45) is 0. The van der Waals surface area contributed by atoms with E-state index in [-0.39, 0.29) is 0 Å². The van der Waals surface area contributed by atoms with Gasteiger partial charge in [-0.1, -0.05) is 131 Å². The maximum absolute atomic E-state index is 3.84. The average Bonchev–Trinajstić information content (AvgIpc) is 3.44. The summed E-state index contributed by atoms with van der Waals surface area (Å²) in [7, 11) is 0. The predicted molar refractivity (Wildman–Crippen MR) is 194 cm³/mol. The quantitative estimate of drug-likeness (QED) is 0.175. The van der Waals surface area contributed by atoms with Gasteiger partial charge in [0.1, 0.15) is 0 Å². The molecule has 0 saturated heterocycles. The van der Waals surface area contributed by atoms with Crippen molar-refractivity contribution in [2.45, 2.75) is 0 Å². The molecule has 0 aliphatic rings. The van der Waals surface area contributed by atoms with Gasteiger partial charge in [-0.3, -0.25) is 0 Å². The summed E-state index contributed by atoms with van der Waals surface area (Å²) in [6, 6.07) is 62.8. The Bertz CT molecular complexity index is 2220. The van der Waals surface area contributed by atoms with Crippen molar-refractivity contribution >= 4 is 54.8 Å². The van der Waals surface area contributed by atoms with Crippen molar-refractivity contribution in [3.63, 3.8) is 0 Å². The van der Waals surface area contributed by atoms with Crippen molar-refractivity contribution in [3.8, 4) is 27.9 Å². The van der Waals surface area contributed by atoms with Gasteiger partial charge in [0.05, 0.1) is 11.0 Å². The summed E-state index contributed by atoms with van der Waals surface area (Å²) >= 11 is 3.84. The minimum atomic E-state index is 1.03. The van der Waals surface area contributed by atoms with E-state index in [0.29, 0.717) is 0 Å². The Labute approximate surface area is 271 Å². The molecule has 0 amide bonds. The van der Waals surface area contributed by atoms with Gasteiger partial charge in [-0.15, -0.1) is 0 Å². The molecule has 0 atom stereocenters. The van der Waals surface area contributed by atoms with Crippen LogP contribution in [0, 0.1) is 0 Å². The van der Waals surface area contributed by atoms with Crippen LogP contribution < -0.4 is 4.90 Å². The monoisotopic (exact) mass is 640 g/mol. The van der Waals surface area contributed by atoms with Gasteiger partial charge in [-0.25, -0.2) is 0 Å². The molecule has 3 heteroatoms. The molecule has 0 saturated carbocycles. The van der Waals surface area contributed by atoms with E-state index in [1.807, 2.05) is 0 Å². The molecule has 0 aliphatic heterocycles. The van der Waals surface area contributed by atoms with Crippen molar-refractivity contribution in [2.24, 2.45) is 0 Å². The molecule has 2 nitrogen and oxygen atoms in total. The Hall–Kier alpha value is -5.38. The molecule has 45 heavy (non-hydrogen) atoms. The maximum atomic E-state index is 3.84. The average molecular weight is 642 g/mol. The fourth-order valence-corrected chi connectivity index (χ4v) is 6.83. The van der Waals surface area contributed by atoms with E-state index in [4.69, 9.17) is 0 Å². The lowest BCUT2D eigenvalue weighted by molar-refractivity contribution is 1.17. The van der Waals surface area contributed by atoms with Crippen LogP contribution in [0.15, 0.2) is 180 Å². The Morgan fingerprint density at radius 3 is 1.58 bits per heavy atom. The molecule has 8 rings (SSSR count).